The van der Waals surface area contributed by atoms with E-state index >= 15 is 0 Å². The zero-order chi connectivity index (χ0) is 19.4. The number of benzene rings is 1. The van der Waals surface area contributed by atoms with Crippen LogP contribution in [-0.2, 0) is 4.74 Å². The van der Waals surface area contributed by atoms with Crippen LogP contribution in [0.15, 0.2) is 18.5 Å². The van der Waals surface area contributed by atoms with E-state index in [0.29, 0.717) is 24.3 Å². The molecule has 146 valence electrons. The molecule has 0 N–H and O–H groups in total. The number of hydrogen-bond acceptors (Lipinski definition) is 4. The molecule has 1 atom stereocenters. The van der Waals surface area contributed by atoms with Gasteiger partial charge in [-0.05, 0) is 44.2 Å². The number of nitrogens with zero attached hydrogens (tertiary/aromatic N) is 3. The number of esters is 1. The van der Waals surface area contributed by atoms with E-state index in [-0.39, 0.29) is 34.3 Å². The molecule has 2 fully saturated rings. The molecule has 0 spiro atoms. The van der Waals surface area contributed by atoms with Crippen molar-refractivity contribution in [2.24, 2.45) is 0 Å². The van der Waals surface area contributed by atoms with Crippen LogP contribution in [0.25, 0.3) is 5.69 Å². The zero-order valence-corrected chi connectivity index (χ0v) is 15.9. The van der Waals surface area contributed by atoms with Gasteiger partial charge in [-0.3, -0.25) is 9.36 Å². The molecule has 1 amide bonds. The lowest BCUT2D eigenvalue weighted by Gasteiger charge is -2.39. The van der Waals surface area contributed by atoms with Crippen molar-refractivity contribution < 1.29 is 18.7 Å². The number of carbonyl (C=O) groups excluding carboxylic acids is 2. The van der Waals surface area contributed by atoms with Crippen LogP contribution in [0, 0.1) is 5.82 Å². The number of amides is 1. The van der Waals surface area contributed by atoms with Gasteiger partial charge in [0.05, 0.1) is 28.0 Å². The molecule has 1 saturated heterocycles. The van der Waals surface area contributed by atoms with Gasteiger partial charge in [-0.25, -0.2) is 14.2 Å². The molecule has 3 aliphatic rings. The van der Waals surface area contributed by atoms with Crippen molar-refractivity contribution in [2.45, 2.75) is 50.7 Å². The average molecular weight is 404 g/mol. The van der Waals surface area contributed by atoms with Crippen molar-refractivity contribution in [3.8, 4) is 5.69 Å². The Morgan fingerprint density at radius 1 is 1.21 bits per heavy atom. The Morgan fingerprint density at radius 3 is 2.71 bits per heavy atom. The van der Waals surface area contributed by atoms with Gasteiger partial charge in [0.25, 0.3) is 5.91 Å². The van der Waals surface area contributed by atoms with Crippen molar-refractivity contribution in [3.05, 3.63) is 46.3 Å². The van der Waals surface area contributed by atoms with Gasteiger partial charge in [0, 0.05) is 6.54 Å². The fraction of sp³-hybridized carbons (Fsp3) is 0.450. The van der Waals surface area contributed by atoms with Gasteiger partial charge in [-0.15, -0.1) is 0 Å². The number of imidazole rings is 1. The Hall–Kier alpha value is -2.41. The molecule has 6 nitrogen and oxygen atoms in total. The summed E-state index contributed by atoms with van der Waals surface area (Å²) in [5, 5.41) is -0.207. The fourth-order valence-electron chi connectivity index (χ4n) is 4.42. The van der Waals surface area contributed by atoms with Crippen LogP contribution in [0.3, 0.4) is 0 Å². The van der Waals surface area contributed by atoms with E-state index in [4.69, 9.17) is 16.3 Å². The highest BCUT2D eigenvalue weighted by atomic mass is 35.5. The number of rotatable bonds is 2. The Kier molecular flexibility index (Phi) is 4.16. The molecule has 28 heavy (non-hydrogen) atoms. The summed E-state index contributed by atoms with van der Waals surface area (Å²) >= 11 is 6.13. The standard InChI is InChI=1S/C20H19ClFN3O3/c21-16-12(22)6-7-13-15(16)19(26)24-9-8-14(24)18-17(23-10-25(13)18)20(27)28-11-4-2-1-3-5-11/h6-7,10-11,14H,1-5,8-9H2/t14-/m0/s1. The first-order valence-electron chi connectivity index (χ1n) is 9.64. The lowest BCUT2D eigenvalue weighted by atomic mass is 9.97. The molecule has 1 saturated carbocycles. The summed E-state index contributed by atoms with van der Waals surface area (Å²) in [7, 11) is 0. The van der Waals surface area contributed by atoms with E-state index in [1.54, 1.807) is 9.47 Å². The van der Waals surface area contributed by atoms with Crippen molar-refractivity contribution in [1.82, 2.24) is 14.5 Å². The van der Waals surface area contributed by atoms with Crippen LogP contribution in [0.1, 0.15) is 71.1 Å². The normalized spacial score (nSPS) is 21.3. The number of ether oxygens (including phenoxy) is 1. The van der Waals surface area contributed by atoms with Crippen LogP contribution in [0.5, 0.6) is 0 Å². The molecule has 0 unspecified atom stereocenters. The van der Waals surface area contributed by atoms with E-state index in [0.717, 1.165) is 25.7 Å². The summed E-state index contributed by atoms with van der Waals surface area (Å²) in [6.45, 7) is 0.526. The van der Waals surface area contributed by atoms with Crippen LogP contribution in [-0.4, -0.2) is 39.0 Å². The largest absolute Gasteiger partial charge is 0.458 e. The maximum atomic E-state index is 14.0. The Bertz CT molecular complexity index is 983. The van der Waals surface area contributed by atoms with Crippen LogP contribution in [0.4, 0.5) is 4.39 Å². The number of halogens is 2. The van der Waals surface area contributed by atoms with Crippen LogP contribution < -0.4 is 0 Å². The van der Waals surface area contributed by atoms with E-state index < -0.39 is 11.8 Å². The monoisotopic (exact) mass is 403 g/mol. The Morgan fingerprint density at radius 2 is 2.00 bits per heavy atom. The first-order valence-corrected chi connectivity index (χ1v) is 10.0. The van der Waals surface area contributed by atoms with Gasteiger partial charge in [0.15, 0.2) is 5.69 Å². The number of fused-ring (bicyclic) bond motifs is 5. The predicted octanol–water partition coefficient (Wildman–Crippen LogP) is 4.05. The third-order valence-electron chi connectivity index (χ3n) is 5.97. The fourth-order valence-corrected chi connectivity index (χ4v) is 4.66. The highest BCUT2D eigenvalue weighted by molar-refractivity contribution is 6.34. The molecule has 0 radical (unpaired) electrons. The summed E-state index contributed by atoms with van der Waals surface area (Å²) in [6, 6.07) is 2.43. The SMILES string of the molecule is O=C(OC1CCCCC1)c1ncn2c1[C@@H]1CCN1C(=O)c1c-2ccc(F)c1Cl. The third-order valence-corrected chi connectivity index (χ3v) is 6.34. The van der Waals surface area contributed by atoms with Crippen molar-refractivity contribution in [1.29, 1.82) is 0 Å². The van der Waals surface area contributed by atoms with E-state index in [1.165, 1.54) is 24.9 Å². The van der Waals surface area contributed by atoms with Gasteiger partial charge >= 0.3 is 5.97 Å². The van der Waals surface area contributed by atoms with E-state index in [2.05, 4.69) is 4.98 Å². The first kappa shape index (κ1) is 17.7. The molecular weight excluding hydrogens is 385 g/mol. The van der Waals surface area contributed by atoms with Crippen molar-refractivity contribution in [3.63, 3.8) is 0 Å². The van der Waals surface area contributed by atoms with Crippen molar-refractivity contribution in [2.75, 3.05) is 6.54 Å². The van der Waals surface area contributed by atoms with Crippen LogP contribution >= 0.6 is 11.6 Å². The van der Waals surface area contributed by atoms with E-state index in [9.17, 15) is 14.0 Å². The maximum Gasteiger partial charge on any atom is 0.359 e. The topological polar surface area (TPSA) is 64.4 Å². The summed E-state index contributed by atoms with van der Waals surface area (Å²) in [5.41, 5.74) is 1.38. The summed E-state index contributed by atoms with van der Waals surface area (Å²) < 4.78 is 21.4. The number of hydrogen-bond donors (Lipinski definition) is 0. The summed E-state index contributed by atoms with van der Waals surface area (Å²) in [6.07, 6.45) is 7.13. The highest BCUT2D eigenvalue weighted by Crippen LogP contribution is 2.43. The molecule has 1 aromatic heterocycles. The minimum Gasteiger partial charge on any atom is -0.458 e. The second kappa shape index (κ2) is 6.58. The molecule has 1 aliphatic carbocycles. The molecule has 2 aromatic rings. The lowest BCUT2D eigenvalue weighted by Crippen LogP contribution is -2.45. The molecule has 1 aromatic carbocycles. The van der Waals surface area contributed by atoms with E-state index in [1.807, 2.05) is 0 Å². The molecule has 0 bridgehead atoms. The maximum absolute atomic E-state index is 14.0. The smallest absolute Gasteiger partial charge is 0.359 e. The Balaban J connectivity index is 1.59. The zero-order valence-electron chi connectivity index (χ0n) is 15.2. The minimum atomic E-state index is -0.647. The number of aromatic nitrogens is 2. The first-order chi connectivity index (χ1) is 13.6. The highest BCUT2D eigenvalue weighted by Gasteiger charge is 2.44. The molecule has 3 heterocycles. The van der Waals surface area contributed by atoms with Gasteiger partial charge < -0.3 is 9.64 Å². The van der Waals surface area contributed by atoms with Gasteiger partial charge in [0.2, 0.25) is 0 Å². The summed E-state index contributed by atoms with van der Waals surface area (Å²) in [5.74, 6) is -1.44. The minimum absolute atomic E-state index is 0.0840. The Labute approximate surface area is 166 Å². The predicted molar refractivity (Wildman–Crippen MR) is 99.2 cm³/mol. The summed E-state index contributed by atoms with van der Waals surface area (Å²) in [4.78, 5) is 31.7. The van der Waals surface area contributed by atoms with Crippen LogP contribution in [0.2, 0.25) is 5.02 Å². The quantitative estimate of drug-likeness (QED) is 0.709. The second-order valence-electron chi connectivity index (χ2n) is 7.57. The van der Waals surface area contributed by atoms with Gasteiger partial charge in [0.1, 0.15) is 18.2 Å². The third kappa shape index (κ3) is 2.56. The number of carbonyl (C=O) groups is 2. The average Bonchev–Trinajstić information content (AvgIpc) is 3.05. The van der Waals surface area contributed by atoms with Gasteiger partial charge in [-0.1, -0.05) is 18.0 Å². The van der Waals surface area contributed by atoms with Gasteiger partial charge in [-0.2, -0.15) is 0 Å². The lowest BCUT2D eigenvalue weighted by molar-refractivity contribution is 0.0192. The molecule has 5 rings (SSSR count). The molecular formula is C20H19ClFN3O3. The molecule has 2 aliphatic heterocycles. The molecule has 8 heteroatoms. The second-order valence-corrected chi connectivity index (χ2v) is 7.95. The van der Waals surface area contributed by atoms with Crippen molar-refractivity contribution >= 4 is 23.5 Å².